The summed E-state index contributed by atoms with van der Waals surface area (Å²) in [5, 5.41) is 2.01. The van der Waals surface area contributed by atoms with Crippen molar-refractivity contribution in [2.45, 2.75) is 12.6 Å². The molecule has 3 N–H and O–H groups in total. The van der Waals surface area contributed by atoms with Crippen LogP contribution in [0.3, 0.4) is 0 Å². The number of carbonyl (C=O) groups is 1. The van der Waals surface area contributed by atoms with Crippen molar-refractivity contribution in [2.75, 3.05) is 13.1 Å². The van der Waals surface area contributed by atoms with Gasteiger partial charge in [0.15, 0.2) is 0 Å². The molecule has 1 rings (SSSR count). The maximum Gasteiger partial charge on any atom is 0.390 e. The standard InChI is InChI=1S/C13H12F4N2O/c14-11-4-3-9(2-1-6-18)8-10(11)12(20)19-7-5-13(15,16)17/h3-4,8H,5-7,18H2,(H,19,20). The highest BCUT2D eigenvalue weighted by atomic mass is 19.4. The first kappa shape index (κ1) is 16.0. The van der Waals surface area contributed by atoms with E-state index in [2.05, 4.69) is 11.8 Å². The summed E-state index contributed by atoms with van der Waals surface area (Å²) in [4.78, 5) is 11.6. The largest absolute Gasteiger partial charge is 0.390 e. The van der Waals surface area contributed by atoms with Crippen LogP contribution in [0.1, 0.15) is 22.3 Å². The van der Waals surface area contributed by atoms with Crippen LogP contribution in [0.4, 0.5) is 17.6 Å². The van der Waals surface area contributed by atoms with Crippen molar-refractivity contribution in [2.24, 2.45) is 5.73 Å². The molecule has 0 fully saturated rings. The van der Waals surface area contributed by atoms with Gasteiger partial charge in [0.2, 0.25) is 0 Å². The van der Waals surface area contributed by atoms with E-state index in [9.17, 15) is 22.4 Å². The molecular formula is C13H12F4N2O. The van der Waals surface area contributed by atoms with Crippen molar-refractivity contribution in [3.8, 4) is 11.8 Å². The van der Waals surface area contributed by atoms with Crippen molar-refractivity contribution in [3.63, 3.8) is 0 Å². The Morgan fingerprint density at radius 1 is 1.35 bits per heavy atom. The minimum absolute atomic E-state index is 0.102. The summed E-state index contributed by atoms with van der Waals surface area (Å²) in [6, 6.07) is 3.55. The van der Waals surface area contributed by atoms with Crippen LogP contribution >= 0.6 is 0 Å². The lowest BCUT2D eigenvalue weighted by Crippen LogP contribution is -2.28. The van der Waals surface area contributed by atoms with Gasteiger partial charge in [-0.05, 0) is 18.2 Å². The number of benzene rings is 1. The Bertz CT molecular complexity index is 544. The minimum Gasteiger partial charge on any atom is -0.352 e. The van der Waals surface area contributed by atoms with Crippen LogP contribution in [-0.4, -0.2) is 25.2 Å². The number of hydrogen-bond acceptors (Lipinski definition) is 2. The smallest absolute Gasteiger partial charge is 0.352 e. The molecule has 0 aliphatic rings. The highest BCUT2D eigenvalue weighted by Crippen LogP contribution is 2.18. The average Bonchev–Trinajstić information content (AvgIpc) is 2.36. The zero-order valence-electron chi connectivity index (χ0n) is 10.4. The summed E-state index contributed by atoms with van der Waals surface area (Å²) in [6.45, 7) is -0.509. The van der Waals surface area contributed by atoms with Crippen LogP contribution in [0, 0.1) is 17.7 Å². The number of nitrogens with two attached hydrogens (primary N) is 1. The molecule has 0 aliphatic carbocycles. The zero-order chi connectivity index (χ0) is 15.2. The van der Waals surface area contributed by atoms with Crippen molar-refractivity contribution in [1.82, 2.24) is 5.32 Å². The molecule has 0 atom stereocenters. The molecule has 0 radical (unpaired) electrons. The molecule has 1 amide bonds. The minimum atomic E-state index is -4.37. The van der Waals surface area contributed by atoms with Gasteiger partial charge >= 0.3 is 6.18 Å². The van der Waals surface area contributed by atoms with Gasteiger partial charge in [0, 0.05) is 12.1 Å². The van der Waals surface area contributed by atoms with Gasteiger partial charge in [-0.15, -0.1) is 0 Å². The summed E-state index contributed by atoms with van der Waals surface area (Å²) in [5.41, 5.74) is 5.19. The number of amides is 1. The van der Waals surface area contributed by atoms with Crippen LogP contribution in [0.5, 0.6) is 0 Å². The van der Waals surface area contributed by atoms with Crippen molar-refractivity contribution in [1.29, 1.82) is 0 Å². The second-order valence-corrected chi connectivity index (χ2v) is 3.82. The number of hydrogen-bond donors (Lipinski definition) is 2. The lowest BCUT2D eigenvalue weighted by Gasteiger charge is -2.08. The van der Waals surface area contributed by atoms with E-state index in [4.69, 9.17) is 5.73 Å². The predicted octanol–water partition coefficient (Wildman–Crippen LogP) is 1.82. The van der Waals surface area contributed by atoms with Crippen molar-refractivity contribution in [3.05, 3.63) is 35.1 Å². The fourth-order valence-corrected chi connectivity index (χ4v) is 1.34. The maximum absolute atomic E-state index is 13.4. The Balaban J connectivity index is 2.76. The summed E-state index contributed by atoms with van der Waals surface area (Å²) < 4.78 is 49.3. The Hall–Kier alpha value is -2.07. The van der Waals surface area contributed by atoms with Gasteiger partial charge in [-0.1, -0.05) is 11.8 Å². The van der Waals surface area contributed by atoms with Crippen molar-refractivity contribution < 1.29 is 22.4 Å². The lowest BCUT2D eigenvalue weighted by molar-refractivity contribution is -0.132. The molecule has 0 aliphatic heterocycles. The molecule has 20 heavy (non-hydrogen) atoms. The Labute approximate surface area is 113 Å². The Kier molecular flexibility index (Phi) is 5.53. The van der Waals surface area contributed by atoms with E-state index in [-0.39, 0.29) is 12.1 Å². The summed E-state index contributed by atoms with van der Waals surface area (Å²) in [7, 11) is 0. The monoisotopic (exact) mass is 288 g/mol. The molecule has 3 nitrogen and oxygen atoms in total. The Morgan fingerprint density at radius 3 is 2.65 bits per heavy atom. The van der Waals surface area contributed by atoms with Gasteiger partial charge in [-0.3, -0.25) is 4.79 Å². The molecule has 0 aromatic heterocycles. The molecule has 1 aromatic carbocycles. The fraction of sp³-hybridized carbons (Fsp3) is 0.308. The first-order valence-corrected chi connectivity index (χ1v) is 5.67. The number of nitrogens with one attached hydrogen (secondary N) is 1. The van der Waals surface area contributed by atoms with E-state index in [1.807, 2.05) is 5.32 Å². The highest BCUT2D eigenvalue weighted by molar-refractivity contribution is 5.94. The SMILES string of the molecule is NCC#Cc1ccc(F)c(C(=O)NCCC(F)(F)F)c1. The van der Waals surface area contributed by atoms with E-state index >= 15 is 0 Å². The number of halogens is 4. The molecule has 7 heteroatoms. The van der Waals surface area contributed by atoms with Gasteiger partial charge in [-0.25, -0.2) is 4.39 Å². The molecule has 0 saturated carbocycles. The van der Waals surface area contributed by atoms with E-state index in [0.29, 0.717) is 5.56 Å². The number of carbonyl (C=O) groups excluding carboxylic acids is 1. The predicted molar refractivity (Wildman–Crippen MR) is 65.3 cm³/mol. The van der Waals surface area contributed by atoms with Crippen molar-refractivity contribution >= 4 is 5.91 Å². The van der Waals surface area contributed by atoms with Gasteiger partial charge < -0.3 is 11.1 Å². The van der Waals surface area contributed by atoms with Crippen LogP contribution in [0.2, 0.25) is 0 Å². The fourth-order valence-electron chi connectivity index (χ4n) is 1.34. The number of rotatable bonds is 3. The van der Waals surface area contributed by atoms with E-state index in [0.717, 1.165) is 6.07 Å². The van der Waals surface area contributed by atoms with Gasteiger partial charge in [-0.2, -0.15) is 13.2 Å². The van der Waals surface area contributed by atoms with Gasteiger partial charge in [0.1, 0.15) is 5.82 Å². The topological polar surface area (TPSA) is 55.1 Å². The number of alkyl halides is 3. The van der Waals surface area contributed by atoms with Crippen LogP contribution in [0.15, 0.2) is 18.2 Å². The first-order valence-electron chi connectivity index (χ1n) is 5.67. The first-order chi connectivity index (χ1) is 9.33. The van der Waals surface area contributed by atoms with Gasteiger partial charge in [0.05, 0.1) is 18.5 Å². The molecule has 1 aromatic rings. The molecule has 0 saturated heterocycles. The zero-order valence-corrected chi connectivity index (χ0v) is 10.4. The molecule has 0 unspecified atom stereocenters. The third-order valence-electron chi connectivity index (χ3n) is 2.24. The van der Waals surface area contributed by atoms with E-state index in [1.165, 1.54) is 12.1 Å². The second-order valence-electron chi connectivity index (χ2n) is 3.82. The van der Waals surface area contributed by atoms with Crippen LogP contribution in [-0.2, 0) is 0 Å². The van der Waals surface area contributed by atoms with Crippen LogP contribution < -0.4 is 11.1 Å². The average molecular weight is 288 g/mol. The van der Waals surface area contributed by atoms with E-state index < -0.39 is 30.9 Å². The molecular weight excluding hydrogens is 276 g/mol. The highest BCUT2D eigenvalue weighted by Gasteiger charge is 2.26. The summed E-state index contributed by atoms with van der Waals surface area (Å²) >= 11 is 0. The normalized spacial score (nSPS) is 10.7. The lowest BCUT2D eigenvalue weighted by atomic mass is 10.1. The maximum atomic E-state index is 13.4. The third kappa shape index (κ3) is 5.28. The second kappa shape index (κ2) is 6.91. The quantitative estimate of drug-likeness (QED) is 0.658. The Morgan fingerprint density at radius 2 is 2.05 bits per heavy atom. The molecule has 0 spiro atoms. The van der Waals surface area contributed by atoms with E-state index in [1.54, 1.807) is 0 Å². The van der Waals surface area contributed by atoms with Crippen LogP contribution in [0.25, 0.3) is 0 Å². The summed E-state index contributed by atoms with van der Waals surface area (Å²) in [6.07, 6.45) is -5.55. The molecule has 108 valence electrons. The molecule has 0 bridgehead atoms. The van der Waals surface area contributed by atoms with Gasteiger partial charge in [0.25, 0.3) is 5.91 Å². The molecule has 0 heterocycles. The third-order valence-corrected chi connectivity index (χ3v) is 2.24. The summed E-state index contributed by atoms with van der Waals surface area (Å²) in [5.74, 6) is 3.39.